The van der Waals surface area contributed by atoms with Crippen LogP contribution in [0.3, 0.4) is 0 Å². The van der Waals surface area contributed by atoms with Gasteiger partial charge in [-0.1, -0.05) is 143 Å². The Morgan fingerprint density at radius 1 is 0.472 bits per heavy atom. The van der Waals surface area contributed by atoms with Gasteiger partial charge in [0.05, 0.1) is 37.6 Å². The van der Waals surface area contributed by atoms with Crippen LogP contribution in [0.4, 0.5) is 21.0 Å². The fourth-order valence-electron chi connectivity index (χ4n) is 26.5. The van der Waals surface area contributed by atoms with Gasteiger partial charge in [0.1, 0.15) is 12.2 Å². The molecule has 5 aromatic rings. The molecule has 2 N–H and O–H groups in total. The summed E-state index contributed by atoms with van der Waals surface area (Å²) in [5.74, 6) is 7.26. The number of carbonyl (C=O) groups is 6. The van der Waals surface area contributed by atoms with Crippen LogP contribution in [0, 0.1) is 92.7 Å². The van der Waals surface area contributed by atoms with Crippen molar-refractivity contribution in [3.63, 3.8) is 0 Å². The average molecular weight is 1470 g/mol. The number of carbonyl (C=O) groups excluding carboxylic acids is 6. The summed E-state index contributed by atoms with van der Waals surface area (Å²) in [7, 11) is 0. The first-order valence-electron chi connectivity index (χ1n) is 42.9. The van der Waals surface area contributed by atoms with Gasteiger partial charge >= 0.3 is 12.2 Å². The van der Waals surface area contributed by atoms with Gasteiger partial charge in [0, 0.05) is 120 Å². The first-order chi connectivity index (χ1) is 52.0. The summed E-state index contributed by atoms with van der Waals surface area (Å²) < 4.78 is 24.4. The maximum absolute atomic E-state index is 15.4. The Bertz CT molecular complexity index is 4170. The van der Waals surface area contributed by atoms with Gasteiger partial charge in [-0.25, -0.2) is 9.59 Å². The minimum atomic E-state index is -0.534. The number of imide groups is 2. The van der Waals surface area contributed by atoms with E-state index in [1.165, 1.54) is 111 Å². The topological polar surface area (TPSA) is 176 Å². The molecule has 580 valence electrons. The Morgan fingerprint density at radius 2 is 0.870 bits per heavy atom. The number of anilines is 2. The molecular formula is C92H122N6O10. The van der Waals surface area contributed by atoms with E-state index in [-0.39, 0.29) is 49.2 Å². The smallest absolute Gasteiger partial charge is 0.407 e. The summed E-state index contributed by atoms with van der Waals surface area (Å²) in [5.41, 5.74) is 7.16. The highest BCUT2D eigenvalue weighted by molar-refractivity contribution is 6.44. The number of amides is 6. The fraction of sp³-hybridized carbons (Fsp3) is 0.674. The van der Waals surface area contributed by atoms with Crippen LogP contribution < -0.4 is 20.4 Å². The monoisotopic (exact) mass is 1470 g/mol. The summed E-state index contributed by atoms with van der Waals surface area (Å²) in [5, 5.41) is 11.8. The average Bonchev–Trinajstić information content (AvgIpc) is 0.791. The van der Waals surface area contributed by atoms with Crippen molar-refractivity contribution in [3.05, 3.63) is 82.0 Å². The maximum Gasteiger partial charge on any atom is 0.407 e. The van der Waals surface area contributed by atoms with E-state index in [2.05, 4.69) is 102 Å². The van der Waals surface area contributed by atoms with Gasteiger partial charge in [-0.3, -0.25) is 29.0 Å². The zero-order valence-electron chi connectivity index (χ0n) is 66.6. The SMILES string of the molecule is CC(C)CCC[C@@H](C)[C@H]1CC[C@H]2[C@@H]3CC=C4CC(OC(=O)NCCN5C(=O)c6ccc7c8c(N9CCOCC9)cc9c%10c(ccc(c%11c(N%12CCOCC%12)cc(c6c7%11)C5=O)c%108)C(=O)N(CCNC(=O)OC5CC[C@@]6(C)C(=CC[C@H]7[C@@H]8CC[C@H]([C@H](C)CCCC(C)C)[C@@]8(C)CC[C@@H]76)C5)C9=O)CC[C@]4(C)[C@H]3CC[C@]12C. The Labute approximate surface area is 641 Å². The third kappa shape index (κ3) is 12.3. The van der Waals surface area contributed by atoms with Gasteiger partial charge in [-0.15, -0.1) is 0 Å². The molecule has 0 spiro atoms. The van der Waals surface area contributed by atoms with Crippen LogP contribution >= 0.6 is 0 Å². The Morgan fingerprint density at radius 3 is 1.27 bits per heavy atom. The summed E-state index contributed by atoms with van der Waals surface area (Å²) >= 11 is 0. The van der Waals surface area contributed by atoms with Crippen molar-refractivity contribution in [2.75, 3.05) is 88.6 Å². The van der Waals surface area contributed by atoms with Crippen molar-refractivity contribution in [1.82, 2.24) is 20.4 Å². The normalized spacial score (nSPS) is 32.9. The van der Waals surface area contributed by atoms with Crippen LogP contribution in [0.25, 0.3) is 43.1 Å². The number of alkyl carbamates (subject to hydrolysis) is 2. The van der Waals surface area contributed by atoms with Crippen molar-refractivity contribution in [2.24, 2.45) is 92.7 Å². The van der Waals surface area contributed by atoms with Crippen molar-refractivity contribution < 1.29 is 47.7 Å². The third-order valence-electron chi connectivity index (χ3n) is 31.9. The van der Waals surface area contributed by atoms with Crippen LogP contribution in [-0.4, -0.2) is 137 Å². The van der Waals surface area contributed by atoms with Crippen LogP contribution in [0.1, 0.15) is 252 Å². The van der Waals surface area contributed by atoms with Crippen LogP contribution in [-0.2, 0) is 18.9 Å². The van der Waals surface area contributed by atoms with E-state index in [1.54, 1.807) is 0 Å². The molecule has 108 heavy (non-hydrogen) atoms. The van der Waals surface area contributed by atoms with E-state index in [4.69, 9.17) is 18.9 Å². The van der Waals surface area contributed by atoms with Crippen molar-refractivity contribution >= 4 is 90.3 Å². The Kier molecular flexibility index (Phi) is 19.7. The van der Waals surface area contributed by atoms with E-state index in [0.29, 0.717) is 120 Å². The highest BCUT2D eigenvalue weighted by atomic mass is 16.6. The predicted molar refractivity (Wildman–Crippen MR) is 427 cm³/mol. The molecule has 16 atom stereocenters. The molecule has 0 aromatic heterocycles. The number of morpholine rings is 2. The van der Waals surface area contributed by atoms with Gasteiger partial charge in [0.25, 0.3) is 23.6 Å². The predicted octanol–water partition coefficient (Wildman–Crippen LogP) is 18.9. The summed E-state index contributed by atoms with van der Waals surface area (Å²) in [6, 6.07) is 11.5. The highest BCUT2D eigenvalue weighted by Gasteiger charge is 2.62. The summed E-state index contributed by atoms with van der Waals surface area (Å²) in [4.78, 5) is 95.8. The minimum absolute atomic E-state index is 0.0227. The number of hydrogen-bond donors (Lipinski definition) is 2. The lowest BCUT2D eigenvalue weighted by molar-refractivity contribution is -0.0581. The standard InChI is InChI=1S/C92H122N6O10/c1-53(2)13-11-15-55(5)69-25-27-71-61-19-17-57-49-59(29-33-89(57,7)73(61)31-35-91(69,71)9)107-87(103)93-37-39-97-83(99)65-23-21-63-80-76(96-43-47-106-48-44-96)52-68-78-66(24-22-64(82(78)80)79-75(95-41-45-105-46-42-95)51-67(85(97)101)77(65)81(63)79)84(100)98(86(68)102)40-38-94-88(104)108-60-30-34-90(8)58(50-60)18-20-62-72-28-26-70(56(6)16-12-14-54(3)4)92(72,10)36-32-74(62)90/h17-18,21-24,51-56,59-62,69-74H,11-16,19-20,25-50H2,1-10H3,(H,93,103)(H,94,104)/t55-,56-,59?,60?,61+,62+,69-,70-,71+,72+,73+,74+,89+,90+,91-,92-/m1/s1. The number of allylic oxidation sites excluding steroid dienone is 2. The molecule has 17 rings (SSSR count). The van der Waals surface area contributed by atoms with Crippen LogP contribution in [0.2, 0.25) is 0 Å². The van der Waals surface area contributed by atoms with Gasteiger partial charge in [-0.05, 0) is 218 Å². The lowest BCUT2D eigenvalue weighted by Crippen LogP contribution is -2.51. The van der Waals surface area contributed by atoms with Crippen LogP contribution in [0.5, 0.6) is 0 Å². The first kappa shape index (κ1) is 74.0. The van der Waals surface area contributed by atoms with Crippen LogP contribution in [0.15, 0.2) is 59.7 Å². The molecule has 6 amide bonds. The largest absolute Gasteiger partial charge is 0.446 e. The number of fused-ring (bicyclic) bond motifs is 12. The van der Waals surface area contributed by atoms with Crippen molar-refractivity contribution in [2.45, 2.75) is 223 Å². The lowest BCUT2D eigenvalue weighted by atomic mass is 9.47. The number of nitrogens with zero attached hydrogens (tertiary/aromatic N) is 4. The van der Waals surface area contributed by atoms with Gasteiger partial charge in [0.2, 0.25) is 0 Å². The van der Waals surface area contributed by atoms with Crippen molar-refractivity contribution in [1.29, 1.82) is 0 Å². The number of ether oxygens (including phenoxy) is 4. The highest BCUT2D eigenvalue weighted by Crippen LogP contribution is 2.70. The third-order valence-corrected chi connectivity index (χ3v) is 31.9. The second kappa shape index (κ2) is 28.8. The van der Waals surface area contributed by atoms with Gasteiger partial charge in [-0.2, -0.15) is 0 Å². The second-order valence-electron chi connectivity index (χ2n) is 38.2. The molecule has 16 heteroatoms. The van der Waals surface area contributed by atoms with E-state index >= 15 is 19.2 Å². The molecule has 6 saturated carbocycles. The maximum atomic E-state index is 15.4. The van der Waals surface area contributed by atoms with Gasteiger partial charge < -0.3 is 39.4 Å². The number of nitrogens with one attached hydrogen (secondary N) is 2. The number of benzene rings is 5. The molecule has 2 unspecified atom stereocenters. The number of rotatable bonds is 20. The van der Waals surface area contributed by atoms with E-state index in [0.717, 1.165) is 142 Å². The quantitative estimate of drug-likeness (QED) is 0.0327. The number of hydrogen-bond acceptors (Lipinski definition) is 12. The van der Waals surface area contributed by atoms with Gasteiger partial charge in [0.15, 0.2) is 0 Å². The molecule has 4 aliphatic heterocycles. The summed E-state index contributed by atoms with van der Waals surface area (Å²) in [6.45, 7) is 28.9. The zero-order chi connectivity index (χ0) is 75.0. The Balaban J connectivity index is 0.582. The molecule has 5 aromatic carbocycles. The first-order valence-corrected chi connectivity index (χ1v) is 42.9. The molecule has 2 saturated heterocycles. The molecule has 12 aliphatic rings. The molecule has 16 nitrogen and oxygen atoms in total. The minimum Gasteiger partial charge on any atom is -0.446 e. The molecule has 4 heterocycles. The van der Waals surface area contributed by atoms with E-state index in [1.807, 2.05) is 36.4 Å². The van der Waals surface area contributed by atoms with Crippen molar-refractivity contribution in [3.8, 4) is 0 Å². The lowest BCUT2D eigenvalue weighted by Gasteiger charge is -2.58. The molecular weight excluding hydrogens is 1350 g/mol. The van der Waals surface area contributed by atoms with E-state index in [9.17, 15) is 9.59 Å². The molecule has 8 aliphatic carbocycles. The molecule has 0 bridgehead atoms. The zero-order valence-corrected chi connectivity index (χ0v) is 66.6. The van der Waals surface area contributed by atoms with E-state index < -0.39 is 35.8 Å². The Hall–Kier alpha value is -6.78. The second-order valence-corrected chi connectivity index (χ2v) is 38.2. The molecule has 0 radical (unpaired) electrons. The fourth-order valence-corrected chi connectivity index (χ4v) is 26.5. The summed E-state index contributed by atoms with van der Waals surface area (Å²) in [6.07, 6.45) is 29.6. The molecule has 8 fully saturated rings.